The van der Waals surface area contributed by atoms with E-state index in [1.807, 2.05) is 12.1 Å². The average molecular weight is 597 g/mol. The molecule has 6 rings (SSSR count). The van der Waals surface area contributed by atoms with Gasteiger partial charge in [-0.15, -0.1) is 0 Å². The van der Waals surface area contributed by atoms with Gasteiger partial charge < -0.3 is 24.1 Å². The van der Waals surface area contributed by atoms with Crippen LogP contribution in [-0.2, 0) is 25.2 Å². The minimum Gasteiger partial charge on any atom is -0.453 e. The molecule has 0 radical (unpaired) electrons. The standard InChI is InChI=1S/C31H37N3O7S/c1-22-26(20-28(40-22)42(38,39)33(2)3)29(35)32-16-19-34-17-14-23(15-18-34)27(21-34)41-30(36)31(37,24-10-6-4-7-11-24)25-12-8-5-9-13-25/h4-13,20,23,27,37H,14-19,21H2,1-3H3/p+1/t23?,27-,34?/m0/s1. The summed E-state index contributed by atoms with van der Waals surface area (Å²) in [6, 6.07) is 19.0. The fourth-order valence-electron chi connectivity index (χ4n) is 6.14. The lowest BCUT2D eigenvalue weighted by atomic mass is 9.82. The van der Waals surface area contributed by atoms with Gasteiger partial charge in [-0.2, -0.15) is 0 Å². The normalized spacial score (nSPS) is 22.2. The van der Waals surface area contributed by atoms with Crippen molar-refractivity contribution in [2.45, 2.75) is 36.6 Å². The number of nitrogens with zero attached hydrogens (tertiary/aromatic N) is 2. The first kappa shape index (κ1) is 30.0. The zero-order chi connectivity index (χ0) is 30.1. The van der Waals surface area contributed by atoms with E-state index in [-0.39, 0.29) is 28.4 Å². The number of carbonyl (C=O) groups excluding carboxylic acids is 2. The van der Waals surface area contributed by atoms with E-state index in [0.717, 1.165) is 30.2 Å². The fraction of sp³-hybridized carbons (Fsp3) is 0.419. The van der Waals surface area contributed by atoms with Gasteiger partial charge in [-0.25, -0.2) is 17.5 Å². The Morgan fingerprint density at radius 3 is 2.17 bits per heavy atom. The third-order valence-electron chi connectivity index (χ3n) is 8.72. The molecular weight excluding hydrogens is 558 g/mol. The Hall–Kier alpha value is -3.51. The van der Waals surface area contributed by atoms with Crippen LogP contribution in [0.2, 0.25) is 0 Å². The summed E-state index contributed by atoms with van der Waals surface area (Å²) in [5.41, 5.74) is -0.856. The maximum absolute atomic E-state index is 13.7. The molecule has 42 heavy (non-hydrogen) atoms. The van der Waals surface area contributed by atoms with Crippen molar-refractivity contribution in [3.63, 3.8) is 0 Å². The van der Waals surface area contributed by atoms with Crippen LogP contribution in [0, 0.1) is 12.8 Å². The number of amides is 1. The van der Waals surface area contributed by atoms with E-state index >= 15 is 0 Å². The van der Waals surface area contributed by atoms with Crippen LogP contribution in [0.4, 0.5) is 0 Å². The molecular formula is C31H38N3O7S+. The molecule has 0 saturated carbocycles. The van der Waals surface area contributed by atoms with Gasteiger partial charge in [0.15, 0.2) is 6.10 Å². The highest BCUT2D eigenvalue weighted by molar-refractivity contribution is 7.88. The number of sulfonamides is 1. The van der Waals surface area contributed by atoms with Crippen molar-refractivity contribution < 1.29 is 36.8 Å². The first-order chi connectivity index (χ1) is 20.0. The maximum Gasteiger partial charge on any atom is 0.348 e. The number of benzene rings is 2. The summed E-state index contributed by atoms with van der Waals surface area (Å²) in [7, 11) is -0.996. The van der Waals surface area contributed by atoms with Crippen LogP contribution in [0.25, 0.3) is 0 Å². The Morgan fingerprint density at radius 1 is 1.05 bits per heavy atom. The number of rotatable bonds is 10. The van der Waals surface area contributed by atoms with Crippen molar-refractivity contribution in [1.29, 1.82) is 0 Å². The molecule has 11 heteroatoms. The number of hydrogen-bond donors (Lipinski definition) is 2. The molecule has 3 aliphatic heterocycles. The molecule has 3 aromatic rings. The number of aryl methyl sites for hydroxylation is 1. The summed E-state index contributed by atoms with van der Waals surface area (Å²) in [5.74, 6) is -0.649. The Morgan fingerprint density at radius 2 is 1.62 bits per heavy atom. The van der Waals surface area contributed by atoms with Gasteiger partial charge in [0.1, 0.15) is 12.3 Å². The Labute approximate surface area is 246 Å². The van der Waals surface area contributed by atoms with Gasteiger partial charge in [0.25, 0.3) is 15.9 Å². The van der Waals surface area contributed by atoms with Crippen LogP contribution in [0.15, 0.2) is 76.2 Å². The summed E-state index contributed by atoms with van der Waals surface area (Å²) in [5, 5.41) is 14.5. The van der Waals surface area contributed by atoms with Crippen LogP contribution in [0.3, 0.4) is 0 Å². The largest absolute Gasteiger partial charge is 0.453 e. The lowest BCUT2D eigenvalue weighted by Crippen LogP contribution is -2.66. The smallest absolute Gasteiger partial charge is 0.348 e. The second kappa shape index (κ2) is 11.6. The molecule has 1 atom stereocenters. The first-order valence-corrected chi connectivity index (χ1v) is 15.6. The molecule has 4 heterocycles. The van der Waals surface area contributed by atoms with E-state index < -0.39 is 27.5 Å². The highest BCUT2D eigenvalue weighted by atomic mass is 32.2. The summed E-state index contributed by atoms with van der Waals surface area (Å²) in [4.78, 5) is 26.7. The van der Waals surface area contributed by atoms with Gasteiger partial charge in [0.2, 0.25) is 10.7 Å². The van der Waals surface area contributed by atoms with Crippen LogP contribution in [-0.4, -0.2) is 87.1 Å². The monoisotopic (exact) mass is 596 g/mol. The zero-order valence-electron chi connectivity index (χ0n) is 24.2. The lowest BCUT2D eigenvalue weighted by molar-refractivity contribution is -0.945. The van der Waals surface area contributed by atoms with E-state index in [2.05, 4.69) is 5.32 Å². The number of carbonyl (C=O) groups is 2. The number of esters is 1. The number of fused-ring (bicyclic) bond motifs is 3. The minimum atomic E-state index is -3.80. The van der Waals surface area contributed by atoms with E-state index in [0.29, 0.717) is 35.2 Å². The minimum absolute atomic E-state index is 0.181. The van der Waals surface area contributed by atoms with Crippen molar-refractivity contribution in [2.75, 3.05) is 46.8 Å². The van der Waals surface area contributed by atoms with E-state index in [1.54, 1.807) is 55.5 Å². The number of aliphatic hydroxyl groups is 1. The van der Waals surface area contributed by atoms with Gasteiger partial charge in [0.05, 0.1) is 31.7 Å². The molecule has 2 aromatic carbocycles. The van der Waals surface area contributed by atoms with Gasteiger partial charge in [0, 0.05) is 38.9 Å². The Bertz CT molecular complexity index is 1490. The van der Waals surface area contributed by atoms with Crippen LogP contribution in [0.1, 0.15) is 40.1 Å². The molecule has 3 saturated heterocycles. The molecule has 0 spiro atoms. The number of furan rings is 1. The summed E-state index contributed by atoms with van der Waals surface area (Å²) in [6.45, 7) is 4.97. The first-order valence-electron chi connectivity index (χ1n) is 14.2. The summed E-state index contributed by atoms with van der Waals surface area (Å²) < 4.78 is 38.0. The highest BCUT2D eigenvalue weighted by Crippen LogP contribution is 2.38. The molecule has 1 aromatic heterocycles. The number of piperidine rings is 3. The Balaban J connectivity index is 1.26. The van der Waals surface area contributed by atoms with Crippen molar-refractivity contribution in [2.24, 2.45) is 5.92 Å². The van der Waals surface area contributed by atoms with E-state index in [4.69, 9.17) is 9.15 Å². The molecule has 10 nitrogen and oxygen atoms in total. The highest BCUT2D eigenvalue weighted by Gasteiger charge is 2.50. The van der Waals surface area contributed by atoms with Crippen LogP contribution < -0.4 is 5.32 Å². The van der Waals surface area contributed by atoms with Gasteiger partial charge in [-0.3, -0.25) is 4.79 Å². The quantitative estimate of drug-likeness (QED) is 0.272. The van der Waals surface area contributed by atoms with Gasteiger partial charge >= 0.3 is 5.97 Å². The third-order valence-corrected chi connectivity index (χ3v) is 10.4. The van der Waals surface area contributed by atoms with Crippen molar-refractivity contribution in [1.82, 2.24) is 9.62 Å². The predicted octanol–water partition coefficient (Wildman–Crippen LogP) is 2.66. The van der Waals surface area contributed by atoms with Gasteiger partial charge in [-0.05, 0) is 18.1 Å². The fourth-order valence-corrected chi connectivity index (χ4v) is 7.00. The molecule has 2 bridgehead atoms. The summed E-state index contributed by atoms with van der Waals surface area (Å²) in [6.07, 6.45) is 1.41. The molecule has 3 aliphatic rings. The molecule has 0 unspecified atom stereocenters. The number of nitrogens with one attached hydrogen (secondary N) is 1. The Kier molecular flexibility index (Phi) is 8.30. The predicted molar refractivity (Wildman–Crippen MR) is 155 cm³/mol. The molecule has 224 valence electrons. The second-order valence-electron chi connectivity index (χ2n) is 11.5. The SMILES string of the molecule is Cc1oc(S(=O)(=O)N(C)C)cc1C(=O)NCC[N+]12CCC(CC1)[C@@H](OC(=O)C(O)(c1ccccc1)c1ccccc1)C2. The van der Waals surface area contributed by atoms with Crippen molar-refractivity contribution in [3.8, 4) is 0 Å². The molecule has 3 fully saturated rings. The van der Waals surface area contributed by atoms with Crippen molar-refractivity contribution in [3.05, 3.63) is 89.2 Å². The number of quaternary nitrogens is 1. The van der Waals surface area contributed by atoms with E-state index in [9.17, 15) is 23.1 Å². The van der Waals surface area contributed by atoms with E-state index in [1.165, 1.54) is 20.2 Å². The van der Waals surface area contributed by atoms with Crippen molar-refractivity contribution >= 4 is 21.9 Å². The zero-order valence-corrected chi connectivity index (χ0v) is 25.0. The van der Waals surface area contributed by atoms with Crippen LogP contribution in [0.5, 0.6) is 0 Å². The molecule has 0 aliphatic carbocycles. The number of ether oxygens (including phenoxy) is 1. The number of hydrogen-bond acceptors (Lipinski definition) is 7. The van der Waals surface area contributed by atoms with Gasteiger partial charge in [-0.1, -0.05) is 60.7 Å². The second-order valence-corrected chi connectivity index (χ2v) is 13.6. The van der Waals surface area contributed by atoms with Crippen LogP contribution >= 0.6 is 0 Å². The average Bonchev–Trinajstić information content (AvgIpc) is 3.40. The molecule has 2 N–H and O–H groups in total. The third kappa shape index (κ3) is 5.61. The summed E-state index contributed by atoms with van der Waals surface area (Å²) >= 11 is 0. The topological polar surface area (TPSA) is 126 Å². The molecule has 1 amide bonds. The maximum atomic E-state index is 13.7. The lowest BCUT2D eigenvalue weighted by Gasteiger charge is -2.52.